The number of aromatic nitrogens is 2. The summed E-state index contributed by atoms with van der Waals surface area (Å²) in [4.78, 5) is 33.8. The van der Waals surface area contributed by atoms with E-state index in [2.05, 4.69) is 26.9 Å². The SMILES string of the molecule is Cc1nc2cc(C(=O)N3CCN(CC(=O)NC4CC4)CC3)ccc2n1-c1ccccc1. The molecule has 2 amide bonds. The summed E-state index contributed by atoms with van der Waals surface area (Å²) in [5, 5.41) is 3.03. The quantitative estimate of drug-likeness (QED) is 0.692. The van der Waals surface area contributed by atoms with E-state index in [1.807, 2.05) is 48.2 Å². The van der Waals surface area contributed by atoms with Crippen LogP contribution in [0.15, 0.2) is 48.5 Å². The number of hydrogen-bond donors (Lipinski definition) is 1. The number of hydrogen-bond acceptors (Lipinski definition) is 4. The second-order valence-electron chi connectivity index (χ2n) is 8.44. The summed E-state index contributed by atoms with van der Waals surface area (Å²) in [7, 11) is 0. The number of para-hydroxylation sites is 1. The standard InChI is InChI=1S/C24H27N5O2/c1-17-25-21-15-18(7-10-22(21)29(17)20-5-3-2-4-6-20)24(31)28-13-11-27(12-14-28)16-23(30)26-19-8-9-19/h2-7,10,15,19H,8-9,11-14,16H2,1H3,(H,26,30). The van der Waals surface area contributed by atoms with Crippen molar-refractivity contribution in [3.8, 4) is 5.69 Å². The molecule has 1 saturated heterocycles. The molecule has 160 valence electrons. The molecule has 0 unspecified atom stereocenters. The van der Waals surface area contributed by atoms with Crippen molar-refractivity contribution < 1.29 is 9.59 Å². The number of fused-ring (bicyclic) bond motifs is 1. The van der Waals surface area contributed by atoms with Crippen LogP contribution in [0.4, 0.5) is 0 Å². The molecule has 2 fully saturated rings. The lowest BCUT2D eigenvalue weighted by atomic mass is 10.1. The lowest BCUT2D eigenvalue weighted by Crippen LogP contribution is -2.51. The van der Waals surface area contributed by atoms with Crippen molar-refractivity contribution in [1.82, 2.24) is 24.7 Å². The van der Waals surface area contributed by atoms with E-state index in [-0.39, 0.29) is 11.8 Å². The molecule has 0 spiro atoms. The normalized spacial score (nSPS) is 17.1. The maximum Gasteiger partial charge on any atom is 0.254 e. The fourth-order valence-electron chi connectivity index (χ4n) is 4.23. The highest BCUT2D eigenvalue weighted by Crippen LogP contribution is 2.23. The molecule has 1 aromatic heterocycles. The van der Waals surface area contributed by atoms with Crippen molar-refractivity contribution in [2.45, 2.75) is 25.8 Å². The summed E-state index contributed by atoms with van der Waals surface area (Å²) in [6, 6.07) is 16.3. The molecule has 0 radical (unpaired) electrons. The number of rotatable bonds is 5. The molecule has 3 aromatic rings. The predicted molar refractivity (Wildman–Crippen MR) is 119 cm³/mol. The second-order valence-corrected chi connectivity index (χ2v) is 8.44. The van der Waals surface area contributed by atoms with Gasteiger partial charge in [-0.25, -0.2) is 4.98 Å². The Morgan fingerprint density at radius 2 is 1.77 bits per heavy atom. The fourth-order valence-corrected chi connectivity index (χ4v) is 4.23. The summed E-state index contributed by atoms with van der Waals surface area (Å²) in [5.41, 5.74) is 3.53. The van der Waals surface area contributed by atoms with Gasteiger partial charge in [-0.05, 0) is 50.1 Å². The average Bonchev–Trinajstić information content (AvgIpc) is 3.53. The topological polar surface area (TPSA) is 70.5 Å². The van der Waals surface area contributed by atoms with E-state index < -0.39 is 0 Å². The van der Waals surface area contributed by atoms with E-state index in [1.165, 1.54) is 0 Å². The Hall–Kier alpha value is -3.19. The summed E-state index contributed by atoms with van der Waals surface area (Å²) < 4.78 is 2.11. The highest BCUT2D eigenvalue weighted by atomic mass is 16.2. The highest BCUT2D eigenvalue weighted by molar-refractivity contribution is 5.97. The van der Waals surface area contributed by atoms with Crippen LogP contribution in [0.2, 0.25) is 0 Å². The van der Waals surface area contributed by atoms with E-state index in [0.29, 0.717) is 44.3 Å². The van der Waals surface area contributed by atoms with Gasteiger partial charge >= 0.3 is 0 Å². The van der Waals surface area contributed by atoms with Gasteiger partial charge in [0.05, 0.1) is 17.6 Å². The lowest BCUT2D eigenvalue weighted by molar-refractivity contribution is -0.122. The first-order chi connectivity index (χ1) is 15.1. The van der Waals surface area contributed by atoms with Gasteiger partial charge in [-0.1, -0.05) is 18.2 Å². The molecule has 1 saturated carbocycles. The summed E-state index contributed by atoms with van der Waals surface area (Å²) >= 11 is 0. The largest absolute Gasteiger partial charge is 0.352 e. The summed E-state index contributed by atoms with van der Waals surface area (Å²) in [6.45, 7) is 5.09. The number of nitrogens with zero attached hydrogens (tertiary/aromatic N) is 4. The van der Waals surface area contributed by atoms with Crippen LogP contribution in [0, 0.1) is 6.92 Å². The van der Waals surface area contributed by atoms with Crippen LogP contribution in [0.1, 0.15) is 29.0 Å². The molecule has 2 aliphatic rings. The van der Waals surface area contributed by atoms with Crippen molar-refractivity contribution >= 4 is 22.8 Å². The van der Waals surface area contributed by atoms with E-state index in [4.69, 9.17) is 4.98 Å². The van der Waals surface area contributed by atoms with E-state index >= 15 is 0 Å². The summed E-state index contributed by atoms with van der Waals surface area (Å²) in [6.07, 6.45) is 2.20. The fraction of sp³-hybridized carbons (Fsp3) is 0.375. The van der Waals surface area contributed by atoms with Crippen LogP contribution in [-0.2, 0) is 4.79 Å². The van der Waals surface area contributed by atoms with Gasteiger partial charge in [0.25, 0.3) is 5.91 Å². The summed E-state index contributed by atoms with van der Waals surface area (Å²) in [5.74, 6) is 1.01. The van der Waals surface area contributed by atoms with Gasteiger partial charge < -0.3 is 10.2 Å². The predicted octanol–water partition coefficient (Wildman–Crippen LogP) is 2.37. The number of nitrogens with one attached hydrogen (secondary N) is 1. The number of carbonyl (C=O) groups is 2. The molecule has 1 N–H and O–H groups in total. The van der Waals surface area contributed by atoms with Crippen LogP contribution in [-0.4, -0.2) is 69.9 Å². The van der Waals surface area contributed by atoms with Gasteiger partial charge in [0, 0.05) is 43.5 Å². The number of benzene rings is 2. The van der Waals surface area contributed by atoms with Gasteiger partial charge in [0.15, 0.2) is 0 Å². The molecule has 31 heavy (non-hydrogen) atoms. The first-order valence-corrected chi connectivity index (χ1v) is 10.9. The second kappa shape index (κ2) is 8.15. The Bertz CT molecular complexity index is 1110. The van der Waals surface area contributed by atoms with E-state index in [0.717, 1.165) is 35.4 Å². The monoisotopic (exact) mass is 417 g/mol. The van der Waals surface area contributed by atoms with E-state index in [9.17, 15) is 9.59 Å². The molecule has 0 bridgehead atoms. The third-order valence-corrected chi connectivity index (χ3v) is 6.05. The van der Waals surface area contributed by atoms with Crippen molar-refractivity contribution in [1.29, 1.82) is 0 Å². The number of amides is 2. The lowest BCUT2D eigenvalue weighted by Gasteiger charge is -2.34. The molecule has 5 rings (SSSR count). The van der Waals surface area contributed by atoms with Gasteiger partial charge in [-0.2, -0.15) is 0 Å². The Balaban J connectivity index is 1.26. The molecule has 1 aliphatic carbocycles. The molecule has 0 atom stereocenters. The van der Waals surface area contributed by atoms with Crippen molar-refractivity contribution in [2.24, 2.45) is 0 Å². The van der Waals surface area contributed by atoms with Crippen LogP contribution in [0.3, 0.4) is 0 Å². The molecule has 2 heterocycles. The minimum Gasteiger partial charge on any atom is -0.352 e. The molecule has 1 aliphatic heterocycles. The average molecular weight is 418 g/mol. The maximum absolute atomic E-state index is 13.1. The zero-order valence-electron chi connectivity index (χ0n) is 17.8. The van der Waals surface area contributed by atoms with Gasteiger partial charge in [-0.15, -0.1) is 0 Å². The van der Waals surface area contributed by atoms with Crippen LogP contribution < -0.4 is 5.32 Å². The molecule has 7 nitrogen and oxygen atoms in total. The van der Waals surface area contributed by atoms with Gasteiger partial charge in [-0.3, -0.25) is 19.1 Å². The third kappa shape index (κ3) is 4.18. The van der Waals surface area contributed by atoms with E-state index in [1.54, 1.807) is 0 Å². The zero-order valence-corrected chi connectivity index (χ0v) is 17.8. The molecule has 7 heteroatoms. The van der Waals surface area contributed by atoms with Crippen LogP contribution >= 0.6 is 0 Å². The van der Waals surface area contributed by atoms with Crippen LogP contribution in [0.25, 0.3) is 16.7 Å². The Morgan fingerprint density at radius 1 is 1.03 bits per heavy atom. The van der Waals surface area contributed by atoms with Crippen molar-refractivity contribution in [3.05, 3.63) is 59.9 Å². The highest BCUT2D eigenvalue weighted by Gasteiger charge is 2.27. The van der Waals surface area contributed by atoms with Crippen LogP contribution in [0.5, 0.6) is 0 Å². The number of aryl methyl sites for hydroxylation is 1. The van der Waals surface area contributed by atoms with Gasteiger partial charge in [0.2, 0.25) is 5.91 Å². The zero-order chi connectivity index (χ0) is 21.4. The minimum atomic E-state index is 0.0240. The van der Waals surface area contributed by atoms with Gasteiger partial charge in [0.1, 0.15) is 5.82 Å². The first kappa shape index (κ1) is 19.8. The maximum atomic E-state index is 13.1. The molecular formula is C24H27N5O2. The molecule has 2 aromatic carbocycles. The number of piperazine rings is 1. The Morgan fingerprint density at radius 3 is 2.48 bits per heavy atom. The number of carbonyl (C=O) groups excluding carboxylic acids is 2. The Kier molecular flexibility index (Phi) is 5.19. The van der Waals surface area contributed by atoms with Crippen molar-refractivity contribution in [2.75, 3.05) is 32.7 Å². The minimum absolute atomic E-state index is 0.0240. The van der Waals surface area contributed by atoms with Crippen molar-refractivity contribution in [3.63, 3.8) is 0 Å². The number of imidazole rings is 1. The first-order valence-electron chi connectivity index (χ1n) is 10.9. The smallest absolute Gasteiger partial charge is 0.254 e. The molecular weight excluding hydrogens is 390 g/mol. The third-order valence-electron chi connectivity index (χ3n) is 6.05. The Labute approximate surface area is 181 Å².